The molecule has 1 aromatic heterocycles. The normalized spacial score (nSPS) is 24.7. The molecule has 0 saturated carbocycles. The van der Waals surface area contributed by atoms with Crippen LogP contribution >= 0.6 is 11.5 Å². The van der Waals surface area contributed by atoms with Crippen molar-refractivity contribution in [3.8, 4) is 0 Å². The van der Waals surface area contributed by atoms with Crippen molar-refractivity contribution >= 4 is 17.4 Å². The van der Waals surface area contributed by atoms with Crippen molar-refractivity contribution < 1.29 is 4.79 Å². The summed E-state index contributed by atoms with van der Waals surface area (Å²) in [6.07, 6.45) is 3.97. The first-order valence-corrected chi connectivity index (χ1v) is 8.56. The molecule has 0 spiro atoms. The second-order valence-electron chi connectivity index (χ2n) is 5.97. The van der Waals surface area contributed by atoms with E-state index in [4.69, 9.17) is 5.73 Å². The summed E-state index contributed by atoms with van der Waals surface area (Å²) in [5.74, 6) is 0.109. The van der Waals surface area contributed by atoms with E-state index < -0.39 is 0 Å². The Labute approximate surface area is 129 Å². The summed E-state index contributed by atoms with van der Waals surface area (Å²) in [5, 5.41) is 4.04. The minimum atomic E-state index is 0.109. The van der Waals surface area contributed by atoms with Gasteiger partial charge in [0.25, 0.3) is 5.91 Å². The summed E-state index contributed by atoms with van der Waals surface area (Å²) in [5.41, 5.74) is 6.79. The molecular weight excluding hydrogens is 286 g/mol. The van der Waals surface area contributed by atoms with Gasteiger partial charge in [-0.05, 0) is 50.3 Å². The highest BCUT2D eigenvalue weighted by Gasteiger charge is 2.33. The van der Waals surface area contributed by atoms with Crippen LogP contribution < -0.4 is 5.73 Å². The number of aromatic nitrogens is 2. The first-order chi connectivity index (χ1) is 10.2. The molecule has 2 aliphatic heterocycles. The number of piperidine rings is 1. The van der Waals surface area contributed by atoms with Crippen molar-refractivity contribution in [1.29, 1.82) is 0 Å². The highest BCUT2D eigenvalue weighted by molar-refractivity contribution is 7.08. The van der Waals surface area contributed by atoms with Crippen molar-refractivity contribution in [3.63, 3.8) is 0 Å². The lowest BCUT2D eigenvalue weighted by molar-refractivity contribution is 0.0773. The van der Waals surface area contributed by atoms with Gasteiger partial charge in [-0.1, -0.05) is 11.4 Å². The zero-order valence-corrected chi connectivity index (χ0v) is 13.3. The van der Waals surface area contributed by atoms with Gasteiger partial charge >= 0.3 is 0 Å². The van der Waals surface area contributed by atoms with Crippen LogP contribution in [0.25, 0.3) is 0 Å². The lowest BCUT2D eigenvalue weighted by Gasteiger charge is -2.34. The second kappa shape index (κ2) is 6.37. The molecule has 0 aliphatic carbocycles. The molecule has 2 saturated heterocycles. The Morgan fingerprint density at radius 2 is 2.10 bits per heavy atom. The van der Waals surface area contributed by atoms with Crippen LogP contribution in [-0.4, -0.2) is 63.6 Å². The average Bonchev–Trinajstić information content (AvgIpc) is 3.16. The fourth-order valence-corrected chi connectivity index (χ4v) is 3.97. The summed E-state index contributed by atoms with van der Waals surface area (Å²) in [6, 6.07) is 0.850. The number of rotatable bonds is 3. The molecule has 116 valence electrons. The van der Waals surface area contributed by atoms with Gasteiger partial charge in [0.1, 0.15) is 4.88 Å². The molecular formula is C14H23N5OS. The molecule has 21 heavy (non-hydrogen) atoms. The Balaban J connectivity index is 1.60. The van der Waals surface area contributed by atoms with E-state index in [0.29, 0.717) is 12.1 Å². The Bertz CT molecular complexity index is 497. The van der Waals surface area contributed by atoms with Crippen molar-refractivity contribution in [2.75, 3.05) is 26.2 Å². The fourth-order valence-electron chi connectivity index (χ4n) is 3.25. The van der Waals surface area contributed by atoms with Crippen LogP contribution in [0.5, 0.6) is 0 Å². The molecule has 1 aromatic rings. The summed E-state index contributed by atoms with van der Waals surface area (Å²) in [6.45, 7) is 5.81. The van der Waals surface area contributed by atoms with Gasteiger partial charge in [-0.2, -0.15) is 0 Å². The van der Waals surface area contributed by atoms with Crippen molar-refractivity contribution in [2.45, 2.75) is 44.7 Å². The van der Waals surface area contributed by atoms with Gasteiger partial charge in [0.05, 0.1) is 5.69 Å². The van der Waals surface area contributed by atoms with E-state index >= 15 is 0 Å². The van der Waals surface area contributed by atoms with Crippen molar-refractivity contribution in [2.24, 2.45) is 5.73 Å². The number of nitrogens with zero attached hydrogens (tertiary/aromatic N) is 4. The number of carbonyl (C=O) groups excluding carboxylic acids is 1. The van der Waals surface area contributed by atoms with Crippen LogP contribution in [0.4, 0.5) is 0 Å². The molecule has 2 aliphatic rings. The lowest BCUT2D eigenvalue weighted by atomic mass is 10.0. The zero-order chi connectivity index (χ0) is 14.8. The van der Waals surface area contributed by atoms with E-state index in [0.717, 1.165) is 62.4 Å². The monoisotopic (exact) mass is 309 g/mol. The van der Waals surface area contributed by atoms with Gasteiger partial charge in [-0.25, -0.2) is 0 Å². The third kappa shape index (κ3) is 3.09. The first-order valence-electron chi connectivity index (χ1n) is 7.79. The molecule has 2 N–H and O–H groups in total. The minimum absolute atomic E-state index is 0.109. The van der Waals surface area contributed by atoms with Gasteiger partial charge in [-0.15, -0.1) is 5.10 Å². The molecule has 0 radical (unpaired) electrons. The molecule has 7 heteroatoms. The van der Waals surface area contributed by atoms with E-state index in [1.165, 1.54) is 11.5 Å². The Hall–Kier alpha value is -1.05. The topological polar surface area (TPSA) is 75.4 Å². The standard InChI is InChI=1S/C14H23N5OS/c1-2-12-13(21-17-16-12)14(20)19-8-5-11(9-19)18-6-3-10(15)4-7-18/h10-11H,2-9,15H2,1H3. The molecule has 3 heterocycles. The number of carbonyl (C=O) groups is 1. The predicted octanol–water partition coefficient (Wildman–Crippen LogP) is 0.738. The maximum atomic E-state index is 12.6. The number of amides is 1. The Morgan fingerprint density at radius 1 is 1.33 bits per heavy atom. The summed E-state index contributed by atoms with van der Waals surface area (Å²) < 4.78 is 3.92. The largest absolute Gasteiger partial charge is 0.336 e. The zero-order valence-electron chi connectivity index (χ0n) is 12.5. The van der Waals surface area contributed by atoms with Crippen LogP contribution in [0.15, 0.2) is 0 Å². The molecule has 1 atom stereocenters. The van der Waals surface area contributed by atoms with Crippen molar-refractivity contribution in [1.82, 2.24) is 19.4 Å². The Kier molecular flexibility index (Phi) is 4.51. The number of likely N-dealkylation sites (tertiary alicyclic amines) is 2. The Morgan fingerprint density at radius 3 is 2.81 bits per heavy atom. The highest BCUT2D eigenvalue weighted by atomic mass is 32.1. The summed E-state index contributed by atoms with van der Waals surface area (Å²) >= 11 is 1.22. The van der Waals surface area contributed by atoms with Gasteiger partial charge in [0.2, 0.25) is 0 Å². The fraction of sp³-hybridized carbons (Fsp3) is 0.786. The first kappa shape index (κ1) is 14.9. The van der Waals surface area contributed by atoms with Crippen LogP contribution in [0, 0.1) is 0 Å². The highest BCUT2D eigenvalue weighted by Crippen LogP contribution is 2.23. The van der Waals surface area contributed by atoms with E-state index in [9.17, 15) is 4.79 Å². The number of nitrogens with two attached hydrogens (primary N) is 1. The van der Waals surface area contributed by atoms with Gasteiger partial charge < -0.3 is 10.6 Å². The van der Waals surface area contributed by atoms with E-state index in [2.05, 4.69) is 14.5 Å². The molecule has 6 nitrogen and oxygen atoms in total. The molecule has 1 unspecified atom stereocenters. The number of hydrogen-bond donors (Lipinski definition) is 1. The second-order valence-corrected chi connectivity index (χ2v) is 6.72. The van der Waals surface area contributed by atoms with E-state index in [1.54, 1.807) is 0 Å². The lowest BCUT2D eigenvalue weighted by Crippen LogP contribution is -2.46. The maximum absolute atomic E-state index is 12.6. The maximum Gasteiger partial charge on any atom is 0.267 e. The third-order valence-electron chi connectivity index (χ3n) is 4.63. The average molecular weight is 309 g/mol. The van der Waals surface area contributed by atoms with Crippen LogP contribution in [0.3, 0.4) is 0 Å². The minimum Gasteiger partial charge on any atom is -0.336 e. The SMILES string of the molecule is CCc1nnsc1C(=O)N1CCC(N2CCC(N)CC2)C1. The van der Waals surface area contributed by atoms with Crippen molar-refractivity contribution in [3.05, 3.63) is 10.6 Å². The third-order valence-corrected chi connectivity index (χ3v) is 5.38. The van der Waals surface area contributed by atoms with E-state index in [-0.39, 0.29) is 5.91 Å². The van der Waals surface area contributed by atoms with Crippen LogP contribution in [0.2, 0.25) is 0 Å². The van der Waals surface area contributed by atoms with Gasteiger partial charge in [0.15, 0.2) is 0 Å². The summed E-state index contributed by atoms with van der Waals surface area (Å²) in [4.78, 5) is 17.8. The number of hydrogen-bond acceptors (Lipinski definition) is 6. The molecule has 3 rings (SSSR count). The predicted molar refractivity (Wildman–Crippen MR) is 82.4 cm³/mol. The quantitative estimate of drug-likeness (QED) is 0.891. The molecule has 2 fully saturated rings. The molecule has 1 amide bonds. The summed E-state index contributed by atoms with van der Waals surface area (Å²) in [7, 11) is 0. The van der Waals surface area contributed by atoms with Gasteiger partial charge in [-0.3, -0.25) is 9.69 Å². The molecule has 0 bridgehead atoms. The van der Waals surface area contributed by atoms with E-state index in [1.807, 2.05) is 11.8 Å². The van der Waals surface area contributed by atoms with Crippen LogP contribution in [-0.2, 0) is 6.42 Å². The molecule has 0 aromatic carbocycles. The van der Waals surface area contributed by atoms with Crippen LogP contribution in [0.1, 0.15) is 41.6 Å². The number of aryl methyl sites for hydroxylation is 1. The smallest absolute Gasteiger partial charge is 0.267 e. The van der Waals surface area contributed by atoms with Gasteiger partial charge in [0, 0.05) is 25.2 Å².